The molecule has 0 radical (unpaired) electrons. The number of amides is 8. The average Bonchev–Trinajstić information content (AvgIpc) is 3.98. The van der Waals surface area contributed by atoms with Gasteiger partial charge in [0.2, 0.25) is 17.7 Å². The molecule has 6 N–H and O–H groups in total. The van der Waals surface area contributed by atoms with E-state index in [2.05, 4.69) is 36.7 Å². The van der Waals surface area contributed by atoms with Gasteiger partial charge in [0.1, 0.15) is 21.4 Å². The van der Waals surface area contributed by atoms with Crippen molar-refractivity contribution in [3.63, 3.8) is 0 Å². The van der Waals surface area contributed by atoms with E-state index in [9.17, 15) is 56.1 Å². The van der Waals surface area contributed by atoms with Crippen molar-refractivity contribution in [1.82, 2.24) is 37.0 Å². The van der Waals surface area contributed by atoms with E-state index in [0.717, 1.165) is 37.9 Å². The predicted octanol–water partition coefficient (Wildman–Crippen LogP) is -0.272. The second kappa shape index (κ2) is 30.0. The molecule has 3 saturated heterocycles. The summed E-state index contributed by atoms with van der Waals surface area (Å²) < 4.78 is 33.6. The number of nitrogens with zero attached hydrogens (tertiary/aromatic N) is 1. The van der Waals surface area contributed by atoms with Crippen molar-refractivity contribution in [2.45, 2.75) is 112 Å². The SMILES string of the molecule is O=C(CCCCCNC(=O)CCCC[C@@H]1SC[C@@H]2NC(=O)N[C@@H]21)NCCCC[C@H](NC(=O)c1ccc(C(=O)c2ccccc2)cc1)C(=O)NCCSSCCC(=O)ON1C(=O)CC(S(=O)(=O)[O-])C1=O.[Na+]. The minimum Gasteiger partial charge on any atom is -0.747 e. The van der Waals surface area contributed by atoms with Crippen LogP contribution in [-0.2, 0) is 43.7 Å². The van der Waals surface area contributed by atoms with E-state index < -0.39 is 57.4 Å². The van der Waals surface area contributed by atoms with E-state index in [1.54, 1.807) is 42.5 Å². The van der Waals surface area contributed by atoms with Crippen molar-refractivity contribution in [2.24, 2.45) is 0 Å². The van der Waals surface area contributed by atoms with E-state index in [0.29, 0.717) is 67.3 Å². The van der Waals surface area contributed by atoms with E-state index >= 15 is 0 Å². The molecule has 3 fully saturated rings. The van der Waals surface area contributed by atoms with Gasteiger partial charge in [-0.2, -0.15) is 11.8 Å². The second-order valence-corrected chi connectivity index (χ2v) is 22.1. The van der Waals surface area contributed by atoms with Crippen LogP contribution in [0, 0.1) is 0 Å². The summed E-state index contributed by atoms with van der Waals surface area (Å²) in [6.07, 6.45) is 5.78. The van der Waals surface area contributed by atoms with Gasteiger partial charge in [-0.25, -0.2) is 18.0 Å². The summed E-state index contributed by atoms with van der Waals surface area (Å²) in [5.41, 5.74) is 1.14. The Morgan fingerprint density at radius 3 is 2.06 bits per heavy atom. The van der Waals surface area contributed by atoms with Crippen LogP contribution in [0.1, 0.15) is 110 Å². The number of rotatable bonds is 30. The number of hydrogen-bond donors (Lipinski definition) is 6. The van der Waals surface area contributed by atoms with Crippen LogP contribution in [0.25, 0.3) is 0 Å². The Labute approximate surface area is 441 Å². The molecule has 0 spiro atoms. The molecule has 0 bridgehead atoms. The number of imide groups is 1. The van der Waals surface area contributed by atoms with Crippen molar-refractivity contribution in [3.8, 4) is 0 Å². The summed E-state index contributed by atoms with van der Waals surface area (Å²) in [4.78, 5) is 117. The number of unbranched alkanes of at least 4 members (excludes halogenated alkanes) is 4. The third-order valence-corrected chi connectivity index (χ3v) is 16.3. The molecular weight excluding hydrogens is 998 g/mol. The number of carbonyl (C=O) groups excluding carboxylic acids is 9. The minimum absolute atomic E-state index is 0. The minimum atomic E-state index is -5.10. The first-order valence-electron chi connectivity index (χ1n) is 22.9. The standard InChI is InChI=1S/C45H59N7O13S4.Na/c53-36(15-5-2-9-22-46-37(54)16-7-6-14-34-40-33(28-66-34)50-45(61)51-40)47-23-10-8-13-32(49-42(58)31-19-17-30(18-20-31)41(57)29-11-3-1-4-12-29)43(59)48-24-26-68-67-25-21-39(56)65-52-38(55)27-35(44(52)60)69(62,63)64;/h1,3-4,11-12,17-20,32-35,40H,2,5-10,13-16,21-28H2,(H,46,54)(H,47,53)(H,48,59)(H,49,58)(H2,50,51,61)(H,62,63,64);/q;+1/p-1/t32-,33-,34-,35?,40-;/m0./s1. The topological polar surface area (TPSA) is 295 Å². The second-order valence-electron chi connectivity index (χ2n) is 16.5. The molecule has 0 aliphatic carbocycles. The van der Waals surface area contributed by atoms with E-state index in [1.165, 1.54) is 33.7 Å². The largest absolute Gasteiger partial charge is 1.00 e. The van der Waals surface area contributed by atoms with Gasteiger partial charge in [0.05, 0.1) is 24.9 Å². The first-order valence-corrected chi connectivity index (χ1v) is 27.9. The van der Waals surface area contributed by atoms with Crippen LogP contribution in [-0.4, -0.2) is 137 Å². The van der Waals surface area contributed by atoms with Crippen molar-refractivity contribution in [2.75, 3.05) is 36.9 Å². The molecule has 3 aliphatic heterocycles. The van der Waals surface area contributed by atoms with Crippen LogP contribution in [0.4, 0.5) is 4.79 Å². The maximum absolute atomic E-state index is 13.4. The number of thioether (sulfide) groups is 1. The van der Waals surface area contributed by atoms with E-state index in [4.69, 9.17) is 0 Å². The zero-order valence-electron chi connectivity index (χ0n) is 38.9. The van der Waals surface area contributed by atoms with Crippen molar-refractivity contribution in [1.29, 1.82) is 0 Å². The van der Waals surface area contributed by atoms with Gasteiger partial charge in [-0.1, -0.05) is 76.9 Å². The molecule has 0 aromatic heterocycles. The summed E-state index contributed by atoms with van der Waals surface area (Å²) in [6.45, 7) is 1.10. The number of nitrogens with one attached hydrogen (secondary N) is 6. The van der Waals surface area contributed by atoms with Crippen LogP contribution in [0.2, 0.25) is 0 Å². The predicted molar refractivity (Wildman–Crippen MR) is 258 cm³/mol. The van der Waals surface area contributed by atoms with Crippen LogP contribution in [0.5, 0.6) is 0 Å². The van der Waals surface area contributed by atoms with Gasteiger partial charge < -0.3 is 41.3 Å². The molecule has 1 unspecified atom stereocenters. The normalized spacial score (nSPS) is 18.7. The van der Waals surface area contributed by atoms with Gasteiger partial charge in [-0.05, 0) is 57.1 Å². The molecule has 376 valence electrons. The molecule has 2 aromatic rings. The van der Waals surface area contributed by atoms with Crippen LogP contribution >= 0.6 is 33.3 Å². The Morgan fingerprint density at radius 2 is 1.39 bits per heavy atom. The van der Waals surface area contributed by atoms with Gasteiger partial charge in [0.15, 0.2) is 5.78 Å². The number of hydroxylamine groups is 2. The molecule has 5 rings (SSSR count). The van der Waals surface area contributed by atoms with Crippen molar-refractivity contribution >= 4 is 96.7 Å². The number of ketones is 1. The monoisotopic (exact) mass is 1060 g/mol. The van der Waals surface area contributed by atoms with Gasteiger partial charge in [-0.3, -0.25) is 33.6 Å². The Balaban J connectivity index is 0.0000107. The Bertz CT molecular complexity index is 2260. The molecule has 20 nitrogen and oxygen atoms in total. The molecule has 25 heteroatoms. The number of urea groups is 1. The van der Waals surface area contributed by atoms with Gasteiger partial charge in [0, 0.05) is 71.7 Å². The third-order valence-electron chi connectivity index (χ3n) is 11.4. The molecule has 70 heavy (non-hydrogen) atoms. The van der Waals surface area contributed by atoms with E-state index in [-0.39, 0.29) is 101 Å². The van der Waals surface area contributed by atoms with Crippen molar-refractivity contribution < 1.29 is 90.5 Å². The Kier molecular flexibility index (Phi) is 25.0. The van der Waals surface area contributed by atoms with Crippen molar-refractivity contribution in [3.05, 3.63) is 71.3 Å². The first kappa shape index (κ1) is 58.4. The fourth-order valence-corrected chi connectivity index (χ4v) is 11.8. The Morgan fingerprint density at radius 1 is 0.757 bits per heavy atom. The number of benzene rings is 2. The zero-order valence-corrected chi connectivity index (χ0v) is 44.2. The summed E-state index contributed by atoms with van der Waals surface area (Å²) in [5.74, 6) is -3.29. The van der Waals surface area contributed by atoms with Crippen LogP contribution in [0.3, 0.4) is 0 Å². The van der Waals surface area contributed by atoms with Gasteiger partial charge in [-0.15, -0.1) is 5.06 Å². The van der Waals surface area contributed by atoms with E-state index in [1.807, 2.05) is 11.8 Å². The van der Waals surface area contributed by atoms with Gasteiger partial charge >= 0.3 is 41.6 Å². The fraction of sp³-hybridized carbons (Fsp3) is 0.533. The molecular formula is C45H58N7NaO13S4. The first-order chi connectivity index (χ1) is 33.1. The molecule has 0 saturated carbocycles. The Hall–Kier alpha value is -4.17. The maximum atomic E-state index is 13.4. The van der Waals surface area contributed by atoms with Gasteiger partial charge in [0.25, 0.3) is 17.7 Å². The molecule has 2 aromatic carbocycles. The summed E-state index contributed by atoms with van der Waals surface area (Å²) >= 11 is 1.86. The average molecular weight is 1060 g/mol. The maximum Gasteiger partial charge on any atom is 1.00 e. The summed E-state index contributed by atoms with van der Waals surface area (Å²) in [5, 5.41) is 15.6. The molecule has 3 aliphatic rings. The third kappa shape index (κ3) is 19.1. The zero-order chi connectivity index (χ0) is 49.8. The smallest absolute Gasteiger partial charge is 0.747 e. The number of carbonyl (C=O) groups is 9. The summed E-state index contributed by atoms with van der Waals surface area (Å²) in [7, 11) is -2.57. The molecule has 8 amide bonds. The molecule has 5 atom stereocenters. The summed E-state index contributed by atoms with van der Waals surface area (Å²) in [6, 6.07) is 14.1. The fourth-order valence-electron chi connectivity index (χ4n) is 7.64. The van der Waals surface area contributed by atoms with Crippen LogP contribution < -0.4 is 61.5 Å². The molecule has 3 heterocycles. The number of fused-ring (bicyclic) bond motifs is 1. The van der Waals surface area contributed by atoms with Crippen LogP contribution in [0.15, 0.2) is 54.6 Å². The quantitative estimate of drug-likeness (QED) is 0.0112. The number of hydrogen-bond acceptors (Lipinski definition) is 16.